The summed E-state index contributed by atoms with van der Waals surface area (Å²) in [5, 5.41) is 5.69. The van der Waals surface area contributed by atoms with Crippen molar-refractivity contribution in [1.29, 1.82) is 0 Å². The lowest BCUT2D eigenvalue weighted by atomic mass is 9.96. The van der Waals surface area contributed by atoms with Crippen LogP contribution in [0.3, 0.4) is 0 Å². The highest BCUT2D eigenvalue weighted by Gasteiger charge is 2.36. The first-order valence-electron chi connectivity index (χ1n) is 8.92. The van der Waals surface area contributed by atoms with E-state index >= 15 is 0 Å². The number of rotatable bonds is 4. The van der Waals surface area contributed by atoms with Gasteiger partial charge in [-0.25, -0.2) is 0 Å². The normalized spacial score (nSPS) is 20.1. The van der Waals surface area contributed by atoms with E-state index in [0.717, 1.165) is 37.8 Å². The number of nitrogens with zero attached hydrogens (tertiary/aromatic N) is 1. The molecule has 0 bridgehead atoms. The lowest BCUT2D eigenvalue weighted by Gasteiger charge is -2.32. The molecule has 0 aromatic heterocycles. The molecule has 1 aromatic rings. The van der Waals surface area contributed by atoms with E-state index in [-0.39, 0.29) is 29.6 Å². The van der Waals surface area contributed by atoms with Gasteiger partial charge in [0.2, 0.25) is 17.7 Å². The summed E-state index contributed by atoms with van der Waals surface area (Å²) in [4.78, 5) is 37.9. The van der Waals surface area contributed by atoms with Crippen LogP contribution in [0.4, 0.5) is 11.4 Å². The van der Waals surface area contributed by atoms with Crippen molar-refractivity contribution in [3.8, 4) is 0 Å². The van der Waals surface area contributed by atoms with Crippen LogP contribution in [0, 0.1) is 18.8 Å². The van der Waals surface area contributed by atoms with Crippen LogP contribution >= 0.6 is 0 Å². The summed E-state index contributed by atoms with van der Waals surface area (Å²) in [6.45, 7) is 4.62. The van der Waals surface area contributed by atoms with E-state index in [1.807, 2.05) is 24.0 Å². The summed E-state index contributed by atoms with van der Waals surface area (Å²) in [7, 11) is 0. The molecule has 2 N–H and O–H groups in total. The summed E-state index contributed by atoms with van der Waals surface area (Å²) < 4.78 is 0. The molecule has 134 valence electrons. The van der Waals surface area contributed by atoms with Crippen LogP contribution in [0.25, 0.3) is 0 Å². The van der Waals surface area contributed by atoms with Crippen molar-refractivity contribution < 1.29 is 14.4 Å². The predicted molar refractivity (Wildman–Crippen MR) is 96.1 cm³/mol. The fourth-order valence-electron chi connectivity index (χ4n) is 3.25. The second kappa shape index (κ2) is 7.25. The fourth-order valence-corrected chi connectivity index (χ4v) is 3.25. The molecule has 1 aliphatic heterocycles. The van der Waals surface area contributed by atoms with Gasteiger partial charge in [0.15, 0.2) is 0 Å². The molecule has 1 aliphatic carbocycles. The number of benzene rings is 1. The number of nitrogens with one attached hydrogen (secondary N) is 2. The molecule has 1 aromatic carbocycles. The zero-order chi connectivity index (χ0) is 18.0. The first-order valence-corrected chi connectivity index (χ1v) is 8.92. The Bertz CT molecular complexity index is 697. The molecule has 1 heterocycles. The quantitative estimate of drug-likeness (QED) is 0.882. The van der Waals surface area contributed by atoms with Gasteiger partial charge in [0.25, 0.3) is 0 Å². The lowest BCUT2D eigenvalue weighted by Crippen LogP contribution is -2.44. The molecule has 1 saturated heterocycles. The average Bonchev–Trinajstić information content (AvgIpc) is 3.42. The molecule has 6 nitrogen and oxygen atoms in total. The summed E-state index contributed by atoms with van der Waals surface area (Å²) in [6, 6.07) is 5.46. The predicted octanol–water partition coefficient (Wildman–Crippen LogP) is 2.54. The van der Waals surface area contributed by atoms with Gasteiger partial charge in [0.05, 0.1) is 5.92 Å². The largest absolute Gasteiger partial charge is 0.342 e. The number of carbonyl (C=O) groups is 3. The second-order valence-electron chi connectivity index (χ2n) is 7.10. The maximum Gasteiger partial charge on any atom is 0.229 e. The van der Waals surface area contributed by atoms with Gasteiger partial charge in [-0.2, -0.15) is 0 Å². The lowest BCUT2D eigenvalue weighted by molar-refractivity contribution is -0.135. The maximum atomic E-state index is 12.6. The van der Waals surface area contributed by atoms with Crippen molar-refractivity contribution >= 4 is 29.1 Å². The number of amides is 3. The Kier molecular flexibility index (Phi) is 5.06. The minimum absolute atomic E-state index is 0.0640. The summed E-state index contributed by atoms with van der Waals surface area (Å²) in [6.07, 6.45) is 3.63. The van der Waals surface area contributed by atoms with Crippen LogP contribution in [0.2, 0.25) is 0 Å². The molecule has 3 amide bonds. The molecule has 0 unspecified atom stereocenters. The van der Waals surface area contributed by atoms with Gasteiger partial charge in [-0.3, -0.25) is 14.4 Å². The highest BCUT2D eigenvalue weighted by Crippen LogP contribution is 2.32. The van der Waals surface area contributed by atoms with E-state index in [4.69, 9.17) is 0 Å². The van der Waals surface area contributed by atoms with Crippen molar-refractivity contribution in [3.05, 3.63) is 23.8 Å². The first kappa shape index (κ1) is 17.5. The Morgan fingerprint density at radius 1 is 1.08 bits per heavy atom. The van der Waals surface area contributed by atoms with Gasteiger partial charge >= 0.3 is 0 Å². The van der Waals surface area contributed by atoms with E-state index in [1.54, 1.807) is 6.07 Å². The number of piperidine rings is 1. The fraction of sp³-hybridized carbons (Fsp3) is 0.526. The number of hydrogen-bond acceptors (Lipinski definition) is 3. The number of hydrogen-bond donors (Lipinski definition) is 2. The molecule has 6 heteroatoms. The molecular weight excluding hydrogens is 318 g/mol. The van der Waals surface area contributed by atoms with E-state index in [9.17, 15) is 14.4 Å². The van der Waals surface area contributed by atoms with Gasteiger partial charge in [-0.05, 0) is 50.3 Å². The van der Waals surface area contributed by atoms with E-state index in [1.165, 1.54) is 6.92 Å². The standard InChI is InChI=1S/C19H25N3O3/c1-12-5-8-16(10-17(12)20-13(2)23)21-18(24)15-4-3-9-22(11-15)19(25)14-6-7-14/h5,8,10,14-15H,3-4,6-7,9,11H2,1-2H3,(H,20,23)(H,21,24)/t15-/m1/s1. The molecular formula is C19H25N3O3. The molecule has 3 rings (SSSR count). The monoisotopic (exact) mass is 343 g/mol. The van der Waals surface area contributed by atoms with Gasteiger partial charge in [-0.1, -0.05) is 6.07 Å². The zero-order valence-corrected chi connectivity index (χ0v) is 14.8. The Hall–Kier alpha value is -2.37. The highest BCUT2D eigenvalue weighted by molar-refractivity contribution is 5.95. The SMILES string of the molecule is CC(=O)Nc1cc(NC(=O)[C@@H]2CCCN(C(=O)C3CC3)C2)ccc1C. The van der Waals surface area contributed by atoms with Crippen molar-refractivity contribution in [2.75, 3.05) is 23.7 Å². The highest BCUT2D eigenvalue weighted by atomic mass is 16.2. The van der Waals surface area contributed by atoms with Gasteiger partial charge in [0.1, 0.15) is 0 Å². The van der Waals surface area contributed by atoms with Crippen molar-refractivity contribution in [3.63, 3.8) is 0 Å². The minimum Gasteiger partial charge on any atom is -0.342 e. The molecule has 0 spiro atoms. The molecule has 25 heavy (non-hydrogen) atoms. The smallest absolute Gasteiger partial charge is 0.229 e. The maximum absolute atomic E-state index is 12.6. The Morgan fingerprint density at radius 2 is 1.84 bits per heavy atom. The molecule has 1 saturated carbocycles. The third-order valence-electron chi connectivity index (χ3n) is 4.85. The summed E-state index contributed by atoms with van der Waals surface area (Å²) >= 11 is 0. The van der Waals surface area contributed by atoms with Gasteiger partial charge < -0.3 is 15.5 Å². The van der Waals surface area contributed by atoms with Crippen LogP contribution in [-0.4, -0.2) is 35.7 Å². The Morgan fingerprint density at radius 3 is 2.52 bits per heavy atom. The van der Waals surface area contributed by atoms with Crippen LogP contribution in [0.1, 0.15) is 38.2 Å². The van der Waals surface area contributed by atoms with Crippen LogP contribution in [0.5, 0.6) is 0 Å². The molecule has 2 fully saturated rings. The van der Waals surface area contributed by atoms with Crippen molar-refractivity contribution in [2.24, 2.45) is 11.8 Å². The molecule has 1 atom stereocenters. The van der Waals surface area contributed by atoms with Crippen LogP contribution in [-0.2, 0) is 14.4 Å². The van der Waals surface area contributed by atoms with E-state index in [2.05, 4.69) is 10.6 Å². The Labute approximate surface area is 148 Å². The second-order valence-corrected chi connectivity index (χ2v) is 7.10. The van der Waals surface area contributed by atoms with Gasteiger partial charge in [0, 0.05) is 37.3 Å². The number of anilines is 2. The topological polar surface area (TPSA) is 78.5 Å². The third kappa shape index (κ3) is 4.38. The van der Waals surface area contributed by atoms with Crippen LogP contribution in [0.15, 0.2) is 18.2 Å². The van der Waals surface area contributed by atoms with Gasteiger partial charge in [-0.15, -0.1) is 0 Å². The number of aryl methyl sites for hydroxylation is 1. The Balaban J connectivity index is 1.63. The van der Waals surface area contributed by atoms with Crippen LogP contribution < -0.4 is 10.6 Å². The van der Waals surface area contributed by atoms with Crippen molar-refractivity contribution in [2.45, 2.75) is 39.5 Å². The number of carbonyl (C=O) groups excluding carboxylic acids is 3. The first-order chi connectivity index (χ1) is 11.9. The third-order valence-corrected chi connectivity index (χ3v) is 4.85. The summed E-state index contributed by atoms with van der Waals surface area (Å²) in [5.74, 6) is 0.0147. The average molecular weight is 343 g/mol. The van der Waals surface area contributed by atoms with E-state index in [0.29, 0.717) is 17.9 Å². The molecule has 0 radical (unpaired) electrons. The van der Waals surface area contributed by atoms with E-state index < -0.39 is 0 Å². The van der Waals surface area contributed by atoms with Crippen molar-refractivity contribution in [1.82, 2.24) is 4.90 Å². The summed E-state index contributed by atoms with van der Waals surface area (Å²) in [5.41, 5.74) is 2.29. The zero-order valence-electron chi connectivity index (χ0n) is 14.8. The number of likely N-dealkylation sites (tertiary alicyclic amines) is 1. The minimum atomic E-state index is -0.179. The molecule has 2 aliphatic rings.